The van der Waals surface area contributed by atoms with Gasteiger partial charge in [-0.2, -0.15) is 0 Å². The van der Waals surface area contributed by atoms with Gasteiger partial charge in [0.2, 0.25) is 0 Å². The summed E-state index contributed by atoms with van der Waals surface area (Å²) in [5.41, 5.74) is 0.00771. The normalized spacial score (nSPS) is 34.9. The lowest BCUT2D eigenvalue weighted by Crippen LogP contribution is -2.46. The fourth-order valence-corrected chi connectivity index (χ4v) is 3.73. The van der Waals surface area contributed by atoms with Gasteiger partial charge in [0.1, 0.15) is 5.60 Å². The molecule has 2 saturated heterocycles. The second kappa shape index (κ2) is 4.11. The average molecular weight is 266 g/mol. The fourth-order valence-electron chi connectivity index (χ4n) is 3.73. The summed E-state index contributed by atoms with van der Waals surface area (Å²) in [5.74, 6) is 1.41. The highest BCUT2D eigenvalue weighted by atomic mass is 16.6. The predicted molar refractivity (Wildman–Crippen MR) is 74.0 cm³/mol. The Morgan fingerprint density at radius 1 is 1.42 bits per heavy atom. The van der Waals surface area contributed by atoms with Crippen molar-refractivity contribution in [2.75, 3.05) is 13.6 Å². The highest BCUT2D eigenvalue weighted by Crippen LogP contribution is 2.53. The Balaban J connectivity index is 1.58. The highest BCUT2D eigenvalue weighted by molar-refractivity contribution is 5.69. The molecule has 0 aromatic rings. The molecule has 4 aliphatic rings. The maximum absolute atomic E-state index is 12.2. The van der Waals surface area contributed by atoms with Gasteiger partial charge in [0.05, 0.1) is 0 Å². The predicted octanol–water partition coefficient (Wildman–Crippen LogP) is 2.38. The van der Waals surface area contributed by atoms with E-state index in [1.165, 1.54) is 25.7 Å². The van der Waals surface area contributed by atoms with Gasteiger partial charge in [-0.25, -0.2) is 4.79 Å². The number of nitrogens with one attached hydrogen (secondary N) is 1. The summed E-state index contributed by atoms with van der Waals surface area (Å²) >= 11 is 0. The molecule has 2 saturated carbocycles. The minimum atomic E-state index is -0.387. The summed E-state index contributed by atoms with van der Waals surface area (Å²) in [4.78, 5) is 14.2. The van der Waals surface area contributed by atoms with Crippen molar-refractivity contribution in [3.63, 3.8) is 0 Å². The van der Waals surface area contributed by atoms with Crippen LogP contribution in [0.25, 0.3) is 0 Å². The minimum Gasteiger partial charge on any atom is -0.444 e. The minimum absolute atomic E-state index is 0.114. The first-order chi connectivity index (χ1) is 8.84. The van der Waals surface area contributed by atoms with Crippen LogP contribution in [-0.4, -0.2) is 41.8 Å². The van der Waals surface area contributed by atoms with Crippen molar-refractivity contribution < 1.29 is 9.53 Å². The number of fused-ring (bicyclic) bond motifs is 1. The molecule has 19 heavy (non-hydrogen) atoms. The number of carbonyl (C=O) groups excluding carboxylic acids is 1. The highest BCUT2D eigenvalue weighted by Gasteiger charge is 2.57. The van der Waals surface area contributed by atoms with Gasteiger partial charge in [-0.1, -0.05) is 0 Å². The van der Waals surface area contributed by atoms with Crippen LogP contribution in [0.2, 0.25) is 0 Å². The molecule has 4 heteroatoms. The molecule has 2 bridgehead atoms. The van der Waals surface area contributed by atoms with Crippen molar-refractivity contribution in [1.29, 1.82) is 0 Å². The van der Waals surface area contributed by atoms with Crippen LogP contribution in [0.5, 0.6) is 0 Å². The molecule has 2 heterocycles. The molecular weight excluding hydrogens is 240 g/mol. The maximum atomic E-state index is 12.2. The Morgan fingerprint density at radius 3 is 2.63 bits per heavy atom. The van der Waals surface area contributed by atoms with Gasteiger partial charge in [0, 0.05) is 18.1 Å². The van der Waals surface area contributed by atoms with Crippen LogP contribution in [-0.2, 0) is 4.74 Å². The van der Waals surface area contributed by atoms with Crippen LogP contribution in [0.15, 0.2) is 0 Å². The van der Waals surface area contributed by atoms with E-state index in [4.69, 9.17) is 4.74 Å². The smallest absolute Gasteiger partial charge is 0.410 e. The molecule has 4 fully saturated rings. The van der Waals surface area contributed by atoms with Crippen LogP contribution in [0.3, 0.4) is 0 Å². The van der Waals surface area contributed by atoms with E-state index in [1.807, 2.05) is 25.7 Å². The third-order valence-electron chi connectivity index (χ3n) is 5.11. The lowest BCUT2D eigenvalue weighted by molar-refractivity contribution is 0.0189. The summed E-state index contributed by atoms with van der Waals surface area (Å²) in [6, 6.07) is 0.436. The lowest BCUT2D eigenvalue weighted by atomic mass is 9.70. The van der Waals surface area contributed by atoms with Gasteiger partial charge in [-0.3, -0.25) is 0 Å². The molecule has 0 aromatic carbocycles. The van der Waals surface area contributed by atoms with Crippen LogP contribution < -0.4 is 5.32 Å². The zero-order valence-corrected chi connectivity index (χ0v) is 12.5. The Morgan fingerprint density at radius 2 is 2.11 bits per heavy atom. The third kappa shape index (κ3) is 2.35. The van der Waals surface area contributed by atoms with E-state index in [1.54, 1.807) is 0 Å². The second-order valence-corrected chi connectivity index (χ2v) is 7.59. The first-order valence-corrected chi connectivity index (χ1v) is 7.52. The number of ether oxygens (including phenoxy) is 1. The zero-order valence-electron chi connectivity index (χ0n) is 12.5. The van der Waals surface area contributed by atoms with E-state index in [2.05, 4.69) is 12.4 Å². The second-order valence-electron chi connectivity index (χ2n) is 7.59. The van der Waals surface area contributed by atoms with Gasteiger partial charge < -0.3 is 15.0 Å². The average Bonchev–Trinajstić information content (AvgIpc) is 2.79. The van der Waals surface area contributed by atoms with Crippen molar-refractivity contribution in [1.82, 2.24) is 10.2 Å². The van der Waals surface area contributed by atoms with Gasteiger partial charge in [-0.15, -0.1) is 0 Å². The Bertz CT molecular complexity index is 384. The summed E-state index contributed by atoms with van der Waals surface area (Å²) in [7, 11) is 2.07. The molecule has 1 unspecified atom stereocenters. The molecule has 4 rings (SSSR count). The van der Waals surface area contributed by atoms with E-state index in [0.717, 1.165) is 6.54 Å². The van der Waals surface area contributed by atoms with Crippen LogP contribution in [0.1, 0.15) is 46.5 Å². The van der Waals surface area contributed by atoms with Crippen LogP contribution in [0.4, 0.5) is 4.79 Å². The monoisotopic (exact) mass is 266 g/mol. The van der Waals surface area contributed by atoms with E-state index in [9.17, 15) is 4.79 Å². The van der Waals surface area contributed by atoms with Crippen molar-refractivity contribution in [2.45, 2.75) is 63.6 Å². The number of nitrogens with zero attached hydrogens (tertiary/aromatic N) is 1. The molecule has 0 aromatic heterocycles. The quantitative estimate of drug-likeness (QED) is 0.853. The number of rotatable bonds is 3. The molecule has 3 atom stereocenters. The summed E-state index contributed by atoms with van der Waals surface area (Å²) < 4.78 is 5.51. The molecule has 2 aliphatic heterocycles. The van der Waals surface area contributed by atoms with Crippen molar-refractivity contribution in [3.05, 3.63) is 0 Å². The Labute approximate surface area is 115 Å². The van der Waals surface area contributed by atoms with Crippen molar-refractivity contribution in [3.8, 4) is 0 Å². The molecular formula is C15H26N2O2. The SMILES string of the molecule is CNC1(CC2[C@H]3C[C@@H]2N(C(=O)OC(C)(C)C)C3)CC1. The van der Waals surface area contributed by atoms with Crippen LogP contribution >= 0.6 is 0 Å². The molecule has 1 N–H and O–H groups in total. The third-order valence-corrected chi connectivity index (χ3v) is 5.11. The van der Waals surface area contributed by atoms with E-state index in [-0.39, 0.29) is 11.7 Å². The number of amides is 1. The number of hydrogen-bond donors (Lipinski definition) is 1. The summed E-state index contributed by atoms with van der Waals surface area (Å²) in [6.45, 7) is 6.71. The molecule has 4 nitrogen and oxygen atoms in total. The van der Waals surface area contributed by atoms with E-state index < -0.39 is 0 Å². The molecule has 108 valence electrons. The van der Waals surface area contributed by atoms with Crippen molar-refractivity contribution in [2.24, 2.45) is 11.8 Å². The Hall–Kier alpha value is -0.770. The first-order valence-electron chi connectivity index (χ1n) is 7.52. The van der Waals surface area contributed by atoms with Gasteiger partial charge in [0.25, 0.3) is 0 Å². The lowest BCUT2D eigenvalue weighted by Gasteiger charge is -2.39. The molecule has 0 spiro atoms. The summed E-state index contributed by atoms with van der Waals surface area (Å²) in [6.07, 6.45) is 4.90. The van der Waals surface area contributed by atoms with Crippen molar-refractivity contribution >= 4 is 6.09 Å². The van der Waals surface area contributed by atoms with Gasteiger partial charge in [-0.05, 0) is 65.3 Å². The number of hydrogen-bond acceptors (Lipinski definition) is 3. The van der Waals surface area contributed by atoms with E-state index in [0.29, 0.717) is 23.4 Å². The van der Waals surface area contributed by atoms with E-state index >= 15 is 0 Å². The zero-order chi connectivity index (χ0) is 13.8. The van der Waals surface area contributed by atoms with Gasteiger partial charge in [0.15, 0.2) is 0 Å². The maximum Gasteiger partial charge on any atom is 0.410 e. The largest absolute Gasteiger partial charge is 0.444 e. The summed E-state index contributed by atoms with van der Waals surface area (Å²) in [5, 5.41) is 3.47. The first kappa shape index (κ1) is 13.2. The Kier molecular flexibility index (Phi) is 2.86. The molecule has 1 amide bonds. The molecule has 2 aliphatic carbocycles. The number of carbonyl (C=O) groups is 1. The standard InChI is InChI=1S/C15H26N2O2/c1-14(2,3)19-13(18)17-9-10-7-12(17)11(10)8-15(16-4)5-6-15/h10-12,16H,5-9H2,1-4H3/t10-,11?,12-/m0/s1. The van der Waals surface area contributed by atoms with Gasteiger partial charge >= 0.3 is 6.09 Å². The topological polar surface area (TPSA) is 41.6 Å². The molecule has 0 radical (unpaired) electrons. The van der Waals surface area contributed by atoms with Crippen LogP contribution in [0, 0.1) is 11.8 Å². The fraction of sp³-hybridized carbons (Fsp3) is 0.933.